The summed E-state index contributed by atoms with van der Waals surface area (Å²) in [5, 5.41) is 2.77. The molecule has 1 aromatic carbocycles. The smallest absolute Gasteiger partial charge is 0.238 e. The van der Waals surface area contributed by atoms with E-state index in [1.165, 1.54) is 4.31 Å². The molecule has 1 N–H and O–H groups in total. The second-order valence-electron chi connectivity index (χ2n) is 5.84. The zero-order chi connectivity index (χ0) is 16.9. The first-order valence-corrected chi connectivity index (χ1v) is 9.67. The average Bonchev–Trinajstić information content (AvgIpc) is 2.52. The molecule has 7 heteroatoms. The normalized spacial score (nSPS) is 19.3. The summed E-state index contributed by atoms with van der Waals surface area (Å²) in [6, 6.07) is 7.07. The highest BCUT2D eigenvalue weighted by molar-refractivity contribution is 7.88. The summed E-state index contributed by atoms with van der Waals surface area (Å²) in [4.78, 5) is 12.2. The molecule has 0 bridgehead atoms. The van der Waals surface area contributed by atoms with E-state index in [0.717, 1.165) is 30.4 Å². The molecule has 1 heterocycles. The third kappa shape index (κ3) is 5.21. The summed E-state index contributed by atoms with van der Waals surface area (Å²) in [7, 11) is -3.36. The monoisotopic (exact) mass is 340 g/mol. The zero-order valence-corrected chi connectivity index (χ0v) is 14.4. The predicted octanol–water partition coefficient (Wildman–Crippen LogP) is 1.30. The van der Waals surface area contributed by atoms with Crippen LogP contribution in [0.25, 0.3) is 0 Å². The summed E-state index contributed by atoms with van der Waals surface area (Å²) in [5.41, 5.74) is 1.16. The maximum atomic E-state index is 12.2. The van der Waals surface area contributed by atoms with Gasteiger partial charge in [-0.15, -0.1) is 0 Å². The second kappa shape index (κ2) is 7.79. The molecule has 0 radical (unpaired) electrons. The minimum atomic E-state index is -3.36. The zero-order valence-electron chi connectivity index (χ0n) is 13.6. The molecule has 1 amide bonds. The maximum Gasteiger partial charge on any atom is 0.238 e. The molecule has 1 aromatic rings. The largest absolute Gasteiger partial charge is 0.492 e. The Morgan fingerprint density at radius 1 is 1.30 bits per heavy atom. The van der Waals surface area contributed by atoms with Crippen molar-refractivity contribution in [2.45, 2.75) is 32.2 Å². The van der Waals surface area contributed by atoms with Crippen LogP contribution in [0.5, 0.6) is 5.75 Å². The Bertz CT molecular complexity index is 628. The number of hydrogen-bond donors (Lipinski definition) is 1. The molecule has 23 heavy (non-hydrogen) atoms. The van der Waals surface area contributed by atoms with Gasteiger partial charge in [-0.25, -0.2) is 8.42 Å². The lowest BCUT2D eigenvalue weighted by Gasteiger charge is -2.32. The van der Waals surface area contributed by atoms with Gasteiger partial charge < -0.3 is 10.1 Å². The molecule has 6 nitrogen and oxygen atoms in total. The van der Waals surface area contributed by atoms with Gasteiger partial charge in [0, 0.05) is 6.54 Å². The van der Waals surface area contributed by atoms with Crippen molar-refractivity contribution in [1.82, 2.24) is 9.62 Å². The van der Waals surface area contributed by atoms with Gasteiger partial charge in [-0.3, -0.25) is 4.79 Å². The molecule has 1 aliphatic heterocycles. The third-order valence-electron chi connectivity index (χ3n) is 3.87. The van der Waals surface area contributed by atoms with E-state index in [2.05, 4.69) is 5.32 Å². The van der Waals surface area contributed by atoms with Crippen molar-refractivity contribution in [1.29, 1.82) is 0 Å². The number of amides is 1. The minimum absolute atomic E-state index is 0.248. The number of benzene rings is 1. The van der Waals surface area contributed by atoms with Crippen LogP contribution in [0.2, 0.25) is 0 Å². The average molecular weight is 340 g/mol. The van der Waals surface area contributed by atoms with Crippen molar-refractivity contribution in [3.8, 4) is 5.75 Å². The van der Waals surface area contributed by atoms with Gasteiger partial charge in [0.15, 0.2) is 0 Å². The van der Waals surface area contributed by atoms with Crippen LogP contribution >= 0.6 is 0 Å². The summed E-state index contributed by atoms with van der Waals surface area (Å²) in [6.07, 6.45) is 3.38. The number of piperidine rings is 1. The SMILES string of the molecule is Cc1ccc(OCCNC(=O)[C@H]2CCCCN2S(C)(=O)=O)cc1. The van der Waals surface area contributed by atoms with Crippen LogP contribution < -0.4 is 10.1 Å². The topological polar surface area (TPSA) is 75.7 Å². The lowest BCUT2D eigenvalue weighted by atomic mass is 10.0. The first-order valence-electron chi connectivity index (χ1n) is 7.82. The second-order valence-corrected chi connectivity index (χ2v) is 7.77. The van der Waals surface area contributed by atoms with Gasteiger partial charge in [-0.2, -0.15) is 4.31 Å². The van der Waals surface area contributed by atoms with Crippen molar-refractivity contribution in [3.63, 3.8) is 0 Å². The van der Waals surface area contributed by atoms with Gasteiger partial charge in [0.05, 0.1) is 12.8 Å². The number of aryl methyl sites for hydroxylation is 1. The van der Waals surface area contributed by atoms with Crippen LogP contribution in [0.1, 0.15) is 24.8 Å². The fraction of sp³-hybridized carbons (Fsp3) is 0.562. The van der Waals surface area contributed by atoms with Crippen LogP contribution in [-0.2, 0) is 14.8 Å². The Morgan fingerprint density at radius 2 is 2.00 bits per heavy atom. The molecule has 1 aliphatic rings. The highest BCUT2D eigenvalue weighted by Crippen LogP contribution is 2.19. The standard InChI is InChI=1S/C16H24N2O4S/c1-13-6-8-14(9-7-13)22-12-10-17-16(19)15-5-3-4-11-18(15)23(2,20)21/h6-9,15H,3-5,10-12H2,1-2H3,(H,17,19)/t15-/m1/s1. The number of hydrogen-bond acceptors (Lipinski definition) is 4. The van der Waals surface area contributed by atoms with Crippen LogP contribution in [-0.4, -0.2) is 50.6 Å². The van der Waals surface area contributed by atoms with E-state index in [9.17, 15) is 13.2 Å². The summed E-state index contributed by atoms with van der Waals surface area (Å²) in [6.45, 7) is 3.11. The Hall–Kier alpha value is -1.60. The molecule has 1 atom stereocenters. The molecule has 128 valence electrons. The first-order chi connectivity index (χ1) is 10.9. The van der Waals surface area contributed by atoms with E-state index < -0.39 is 16.1 Å². The highest BCUT2D eigenvalue weighted by Gasteiger charge is 2.34. The van der Waals surface area contributed by atoms with Crippen molar-refractivity contribution >= 4 is 15.9 Å². The van der Waals surface area contributed by atoms with Gasteiger partial charge in [0.1, 0.15) is 18.4 Å². The van der Waals surface area contributed by atoms with Crippen molar-refractivity contribution in [2.24, 2.45) is 0 Å². The molecule has 2 rings (SSSR count). The van der Waals surface area contributed by atoms with E-state index in [4.69, 9.17) is 4.74 Å². The van der Waals surface area contributed by atoms with Gasteiger partial charge >= 0.3 is 0 Å². The summed E-state index contributed by atoms with van der Waals surface area (Å²) < 4.78 is 30.4. The Kier molecular flexibility index (Phi) is 6.01. The van der Waals surface area contributed by atoms with Crippen LogP contribution in [0.3, 0.4) is 0 Å². The number of carbonyl (C=O) groups excluding carboxylic acids is 1. The van der Waals surface area contributed by atoms with Gasteiger partial charge in [0.25, 0.3) is 0 Å². The molecular weight excluding hydrogens is 316 g/mol. The Labute approximate surface area is 137 Å². The van der Waals surface area contributed by atoms with Crippen molar-refractivity contribution in [3.05, 3.63) is 29.8 Å². The van der Waals surface area contributed by atoms with E-state index >= 15 is 0 Å². The molecule has 1 fully saturated rings. The Balaban J connectivity index is 1.80. The van der Waals surface area contributed by atoms with E-state index in [1.807, 2.05) is 31.2 Å². The highest BCUT2D eigenvalue weighted by atomic mass is 32.2. The Morgan fingerprint density at radius 3 is 2.65 bits per heavy atom. The molecular formula is C16H24N2O4S. The van der Waals surface area contributed by atoms with Crippen LogP contribution in [0, 0.1) is 6.92 Å². The van der Waals surface area contributed by atoms with Crippen molar-refractivity contribution < 1.29 is 17.9 Å². The quantitative estimate of drug-likeness (QED) is 0.792. The molecule has 0 unspecified atom stereocenters. The minimum Gasteiger partial charge on any atom is -0.492 e. The van der Waals surface area contributed by atoms with Gasteiger partial charge in [-0.1, -0.05) is 24.1 Å². The number of sulfonamides is 1. The van der Waals surface area contributed by atoms with Crippen LogP contribution in [0.4, 0.5) is 0 Å². The number of rotatable bonds is 6. The van der Waals surface area contributed by atoms with E-state index in [0.29, 0.717) is 26.1 Å². The number of carbonyl (C=O) groups is 1. The lowest BCUT2D eigenvalue weighted by Crippen LogP contribution is -2.52. The van der Waals surface area contributed by atoms with Crippen molar-refractivity contribution in [2.75, 3.05) is 26.0 Å². The molecule has 0 aromatic heterocycles. The number of ether oxygens (including phenoxy) is 1. The fourth-order valence-electron chi connectivity index (χ4n) is 2.66. The third-order valence-corrected chi connectivity index (χ3v) is 5.16. The van der Waals surface area contributed by atoms with Gasteiger partial charge in [-0.05, 0) is 31.9 Å². The summed E-state index contributed by atoms with van der Waals surface area (Å²) in [5.74, 6) is 0.503. The molecule has 1 saturated heterocycles. The van der Waals surface area contributed by atoms with E-state index in [1.54, 1.807) is 0 Å². The fourth-order valence-corrected chi connectivity index (χ4v) is 3.78. The number of nitrogens with zero attached hydrogens (tertiary/aromatic N) is 1. The van der Waals surface area contributed by atoms with Gasteiger partial charge in [0.2, 0.25) is 15.9 Å². The predicted molar refractivity (Wildman–Crippen MR) is 88.9 cm³/mol. The maximum absolute atomic E-state index is 12.2. The molecule has 0 saturated carbocycles. The number of nitrogens with one attached hydrogen (secondary N) is 1. The molecule has 0 aliphatic carbocycles. The van der Waals surface area contributed by atoms with Crippen LogP contribution in [0.15, 0.2) is 24.3 Å². The molecule has 0 spiro atoms. The lowest BCUT2D eigenvalue weighted by molar-refractivity contribution is -0.125. The summed E-state index contributed by atoms with van der Waals surface area (Å²) >= 11 is 0. The first kappa shape index (κ1) is 17.7. The van der Waals surface area contributed by atoms with E-state index in [-0.39, 0.29) is 5.91 Å².